The molecule has 3 heteroatoms. The summed E-state index contributed by atoms with van der Waals surface area (Å²) in [6, 6.07) is 10.3. The number of likely N-dealkylation sites (N-methyl/N-ethyl adjacent to an activating group) is 1. The van der Waals surface area contributed by atoms with Gasteiger partial charge >= 0.3 is 0 Å². The van der Waals surface area contributed by atoms with Gasteiger partial charge in [-0.15, -0.1) is 0 Å². The van der Waals surface area contributed by atoms with Crippen LogP contribution in [0.15, 0.2) is 47.3 Å². The molecule has 2 nitrogen and oxygen atoms in total. The van der Waals surface area contributed by atoms with E-state index < -0.39 is 0 Å². The van der Waals surface area contributed by atoms with Crippen molar-refractivity contribution >= 4 is 11.6 Å². The molecule has 1 unspecified atom stereocenters. The predicted molar refractivity (Wildman–Crippen MR) is 70.3 cm³/mol. The highest BCUT2D eigenvalue weighted by Gasteiger charge is 2.11. The van der Waals surface area contributed by atoms with Gasteiger partial charge in [-0.25, -0.2) is 0 Å². The number of benzene rings is 1. The minimum atomic E-state index is 0.274. The Morgan fingerprint density at radius 3 is 2.88 bits per heavy atom. The quantitative estimate of drug-likeness (QED) is 0.871. The van der Waals surface area contributed by atoms with E-state index in [9.17, 15) is 0 Å². The molecule has 90 valence electrons. The smallest absolute Gasteiger partial charge is 0.0935 e. The van der Waals surface area contributed by atoms with E-state index in [-0.39, 0.29) is 6.04 Å². The molecular weight excluding hydrogens is 234 g/mol. The number of rotatable bonds is 5. The summed E-state index contributed by atoms with van der Waals surface area (Å²) < 4.78 is 5.10. The van der Waals surface area contributed by atoms with Crippen molar-refractivity contribution in [3.63, 3.8) is 0 Å². The number of halogens is 1. The molecule has 0 bridgehead atoms. The summed E-state index contributed by atoms with van der Waals surface area (Å²) in [6.45, 7) is 3.03. The maximum absolute atomic E-state index is 6.02. The summed E-state index contributed by atoms with van der Waals surface area (Å²) in [6.07, 6.45) is 4.40. The van der Waals surface area contributed by atoms with E-state index in [0.29, 0.717) is 0 Å². The van der Waals surface area contributed by atoms with Gasteiger partial charge in [0.25, 0.3) is 0 Å². The van der Waals surface area contributed by atoms with Gasteiger partial charge in [0.05, 0.1) is 12.5 Å². The number of hydrogen-bond donors (Lipinski definition) is 1. The molecule has 0 saturated heterocycles. The van der Waals surface area contributed by atoms with E-state index in [1.165, 1.54) is 11.1 Å². The molecule has 1 aromatic carbocycles. The normalized spacial score (nSPS) is 12.6. The Morgan fingerprint density at radius 1 is 1.35 bits per heavy atom. The average Bonchev–Trinajstić information content (AvgIpc) is 2.81. The Bertz CT molecular complexity index is 453. The molecule has 17 heavy (non-hydrogen) atoms. The van der Waals surface area contributed by atoms with Crippen molar-refractivity contribution < 1.29 is 4.42 Å². The number of nitrogens with one attached hydrogen (secondary N) is 1. The van der Waals surface area contributed by atoms with Crippen LogP contribution in [0.1, 0.15) is 24.1 Å². The van der Waals surface area contributed by atoms with Crippen LogP contribution < -0.4 is 5.32 Å². The van der Waals surface area contributed by atoms with Gasteiger partial charge in [0.15, 0.2) is 0 Å². The van der Waals surface area contributed by atoms with Crippen molar-refractivity contribution in [1.82, 2.24) is 5.32 Å². The lowest BCUT2D eigenvalue weighted by Crippen LogP contribution is -2.22. The third-order valence-corrected chi connectivity index (χ3v) is 2.96. The molecule has 2 aromatic rings. The van der Waals surface area contributed by atoms with Gasteiger partial charge < -0.3 is 9.73 Å². The van der Waals surface area contributed by atoms with Crippen molar-refractivity contribution in [2.45, 2.75) is 19.4 Å². The van der Waals surface area contributed by atoms with Crippen LogP contribution in [0.2, 0.25) is 5.02 Å². The Morgan fingerprint density at radius 2 is 2.24 bits per heavy atom. The third-order valence-electron chi connectivity index (χ3n) is 2.72. The highest BCUT2D eigenvalue weighted by molar-refractivity contribution is 6.30. The molecule has 0 amide bonds. The van der Waals surface area contributed by atoms with Gasteiger partial charge in [0.2, 0.25) is 0 Å². The summed E-state index contributed by atoms with van der Waals surface area (Å²) >= 11 is 6.02. The summed E-state index contributed by atoms with van der Waals surface area (Å²) in [5.74, 6) is 0. The molecule has 0 aliphatic carbocycles. The second kappa shape index (κ2) is 5.89. The van der Waals surface area contributed by atoms with E-state index in [1.54, 1.807) is 12.5 Å². The molecule has 0 radical (unpaired) electrons. The molecule has 0 fully saturated rings. The Hall–Kier alpha value is -1.25. The first kappa shape index (κ1) is 12.2. The van der Waals surface area contributed by atoms with E-state index in [1.807, 2.05) is 24.3 Å². The first-order chi connectivity index (χ1) is 8.29. The fraction of sp³-hybridized carbons (Fsp3) is 0.286. The van der Waals surface area contributed by atoms with Crippen LogP contribution in [0.3, 0.4) is 0 Å². The van der Waals surface area contributed by atoms with Crippen LogP contribution in [0.4, 0.5) is 0 Å². The van der Waals surface area contributed by atoms with Gasteiger partial charge in [0, 0.05) is 11.1 Å². The topological polar surface area (TPSA) is 25.2 Å². The van der Waals surface area contributed by atoms with Gasteiger partial charge in [0.1, 0.15) is 0 Å². The lowest BCUT2D eigenvalue weighted by atomic mass is 10.0. The van der Waals surface area contributed by atoms with Crippen molar-refractivity contribution in [3.8, 4) is 0 Å². The van der Waals surface area contributed by atoms with Crippen LogP contribution in [-0.2, 0) is 6.42 Å². The molecule has 0 aliphatic rings. The first-order valence-corrected chi connectivity index (χ1v) is 6.17. The zero-order valence-electron chi connectivity index (χ0n) is 9.82. The van der Waals surface area contributed by atoms with E-state index in [4.69, 9.17) is 16.0 Å². The van der Waals surface area contributed by atoms with Crippen LogP contribution >= 0.6 is 11.6 Å². The van der Waals surface area contributed by atoms with Crippen LogP contribution in [0, 0.1) is 0 Å². The number of furan rings is 1. The van der Waals surface area contributed by atoms with Gasteiger partial charge in [-0.1, -0.05) is 30.7 Å². The molecule has 0 aliphatic heterocycles. The van der Waals surface area contributed by atoms with Gasteiger partial charge in [-0.05, 0) is 42.3 Å². The zero-order chi connectivity index (χ0) is 12.1. The minimum Gasteiger partial charge on any atom is -0.472 e. The lowest BCUT2D eigenvalue weighted by molar-refractivity contribution is 0.535. The highest BCUT2D eigenvalue weighted by Crippen LogP contribution is 2.21. The van der Waals surface area contributed by atoms with Crippen molar-refractivity contribution in [2.75, 3.05) is 6.54 Å². The lowest BCUT2D eigenvalue weighted by Gasteiger charge is -2.17. The van der Waals surface area contributed by atoms with Crippen LogP contribution in [0.5, 0.6) is 0 Å². The fourth-order valence-corrected chi connectivity index (χ4v) is 2.12. The van der Waals surface area contributed by atoms with Crippen LogP contribution in [-0.4, -0.2) is 6.54 Å². The fourth-order valence-electron chi connectivity index (χ4n) is 1.92. The molecular formula is C14H16ClNO. The number of hydrogen-bond acceptors (Lipinski definition) is 2. The zero-order valence-corrected chi connectivity index (χ0v) is 10.6. The molecule has 1 aromatic heterocycles. The summed E-state index contributed by atoms with van der Waals surface area (Å²) in [7, 11) is 0. The second-order valence-corrected chi connectivity index (χ2v) is 4.44. The summed E-state index contributed by atoms with van der Waals surface area (Å²) in [5.41, 5.74) is 2.40. The van der Waals surface area contributed by atoms with Crippen molar-refractivity contribution in [1.29, 1.82) is 0 Å². The monoisotopic (exact) mass is 249 g/mol. The Kier molecular flexibility index (Phi) is 4.24. The van der Waals surface area contributed by atoms with E-state index in [2.05, 4.69) is 18.3 Å². The third kappa shape index (κ3) is 3.35. The molecule has 1 N–H and O–H groups in total. The first-order valence-electron chi connectivity index (χ1n) is 5.79. The van der Waals surface area contributed by atoms with Crippen molar-refractivity contribution in [3.05, 3.63) is 59.0 Å². The predicted octanol–water partition coefficient (Wildman–Crippen LogP) is 3.83. The van der Waals surface area contributed by atoms with Gasteiger partial charge in [-0.3, -0.25) is 0 Å². The maximum atomic E-state index is 6.02. The Balaban J connectivity index is 2.16. The maximum Gasteiger partial charge on any atom is 0.0935 e. The summed E-state index contributed by atoms with van der Waals surface area (Å²) in [5, 5.41) is 4.24. The largest absolute Gasteiger partial charge is 0.472 e. The minimum absolute atomic E-state index is 0.274. The highest BCUT2D eigenvalue weighted by atomic mass is 35.5. The molecule has 0 spiro atoms. The average molecular weight is 250 g/mol. The molecule has 1 heterocycles. The summed E-state index contributed by atoms with van der Waals surface area (Å²) in [4.78, 5) is 0. The standard InChI is InChI=1S/C14H16ClNO/c1-2-16-14(8-11-6-7-17-10-11)12-4-3-5-13(15)9-12/h3-7,9-10,14,16H,2,8H2,1H3. The molecule has 0 saturated carbocycles. The van der Waals surface area contributed by atoms with E-state index in [0.717, 1.165) is 18.0 Å². The van der Waals surface area contributed by atoms with Crippen LogP contribution in [0.25, 0.3) is 0 Å². The van der Waals surface area contributed by atoms with E-state index >= 15 is 0 Å². The Labute approximate surface area is 107 Å². The van der Waals surface area contributed by atoms with Crippen molar-refractivity contribution in [2.24, 2.45) is 0 Å². The SMILES string of the molecule is CCNC(Cc1ccoc1)c1cccc(Cl)c1. The van der Waals surface area contributed by atoms with Gasteiger partial charge in [-0.2, -0.15) is 0 Å². The molecule has 2 rings (SSSR count). The second-order valence-electron chi connectivity index (χ2n) is 4.00. The molecule has 1 atom stereocenters.